The highest BCUT2D eigenvalue weighted by Gasteiger charge is 2.43. The van der Waals surface area contributed by atoms with Crippen LogP contribution in [0, 0.1) is 0 Å². The Bertz CT molecular complexity index is 606. The first-order valence-corrected chi connectivity index (χ1v) is 7.76. The Morgan fingerprint density at radius 3 is 2.74 bits per heavy atom. The minimum absolute atomic E-state index is 0.0809. The van der Waals surface area contributed by atoms with E-state index in [9.17, 15) is 19.2 Å². The number of likely N-dealkylation sites (N-methyl/N-ethyl adjacent to an activating group) is 1. The molecule has 2 N–H and O–H groups in total. The van der Waals surface area contributed by atoms with Crippen molar-refractivity contribution < 1.29 is 19.2 Å². The number of hydrogen-bond donors (Lipinski definition) is 2. The number of imide groups is 1. The van der Waals surface area contributed by atoms with Crippen LogP contribution < -0.4 is 10.6 Å². The van der Waals surface area contributed by atoms with Crippen molar-refractivity contribution in [2.45, 2.75) is 38.6 Å². The molecule has 3 amide bonds. The van der Waals surface area contributed by atoms with Gasteiger partial charge in [-0.05, 0) is 26.2 Å². The highest BCUT2D eigenvalue weighted by atomic mass is 16.2. The zero-order valence-corrected chi connectivity index (χ0v) is 13.3. The fourth-order valence-electron chi connectivity index (χ4n) is 2.88. The van der Waals surface area contributed by atoms with Gasteiger partial charge in [0.05, 0.1) is 11.6 Å². The number of hydrogen-bond acceptors (Lipinski definition) is 5. The number of aldehydes is 1. The fourth-order valence-corrected chi connectivity index (χ4v) is 2.88. The van der Waals surface area contributed by atoms with Crippen molar-refractivity contribution in [3.63, 3.8) is 0 Å². The Labute approximate surface area is 134 Å². The topological polar surface area (TPSA) is 95.6 Å². The Kier molecular flexibility index (Phi) is 5.31. The summed E-state index contributed by atoms with van der Waals surface area (Å²) < 4.78 is 0. The first-order valence-electron chi connectivity index (χ1n) is 7.76. The van der Waals surface area contributed by atoms with Gasteiger partial charge in [-0.2, -0.15) is 0 Å². The van der Waals surface area contributed by atoms with Crippen LogP contribution in [0.5, 0.6) is 0 Å². The van der Waals surface area contributed by atoms with Crippen molar-refractivity contribution in [1.29, 1.82) is 0 Å². The van der Waals surface area contributed by atoms with E-state index in [1.165, 1.54) is 7.05 Å². The molecule has 23 heavy (non-hydrogen) atoms. The quantitative estimate of drug-likeness (QED) is 0.510. The normalized spacial score (nSPS) is 18.5. The molecule has 0 saturated heterocycles. The minimum Gasteiger partial charge on any atom is -0.385 e. The van der Waals surface area contributed by atoms with Crippen molar-refractivity contribution in [3.8, 4) is 0 Å². The Balaban J connectivity index is 2.21. The van der Waals surface area contributed by atoms with Crippen molar-refractivity contribution in [1.82, 2.24) is 15.5 Å². The Hall–Kier alpha value is -2.44. The van der Waals surface area contributed by atoms with Gasteiger partial charge in [-0.25, -0.2) is 0 Å². The number of allylic oxidation sites excluding steroid dienone is 1. The average Bonchev–Trinajstić information content (AvgIpc) is 2.81. The maximum Gasteiger partial charge on any atom is 0.263 e. The third kappa shape index (κ3) is 3.18. The average molecular weight is 319 g/mol. The van der Waals surface area contributed by atoms with Crippen LogP contribution in [0.1, 0.15) is 32.6 Å². The van der Waals surface area contributed by atoms with Gasteiger partial charge in [0.15, 0.2) is 0 Å². The van der Waals surface area contributed by atoms with E-state index in [0.29, 0.717) is 42.5 Å². The predicted octanol–water partition coefficient (Wildman–Crippen LogP) is 0.0327. The number of carbonyl (C=O) groups is 4. The lowest BCUT2D eigenvalue weighted by atomic mass is 9.96. The monoisotopic (exact) mass is 319 g/mol. The summed E-state index contributed by atoms with van der Waals surface area (Å²) in [4.78, 5) is 48.9. The van der Waals surface area contributed by atoms with Gasteiger partial charge in [0.1, 0.15) is 6.29 Å². The lowest BCUT2D eigenvalue weighted by Gasteiger charge is -2.22. The van der Waals surface area contributed by atoms with E-state index >= 15 is 0 Å². The van der Waals surface area contributed by atoms with Gasteiger partial charge in [-0.15, -0.1) is 0 Å². The second kappa shape index (κ2) is 7.21. The summed E-state index contributed by atoms with van der Waals surface area (Å²) >= 11 is 0. The number of nitrogens with zero attached hydrogens (tertiary/aromatic N) is 1. The molecule has 1 atom stereocenters. The third-order valence-corrected chi connectivity index (χ3v) is 4.03. The molecule has 1 unspecified atom stereocenters. The first kappa shape index (κ1) is 16.9. The van der Waals surface area contributed by atoms with Gasteiger partial charge in [0, 0.05) is 31.3 Å². The van der Waals surface area contributed by atoms with E-state index in [-0.39, 0.29) is 18.7 Å². The highest BCUT2D eigenvalue weighted by molar-refractivity contribution is 6.22. The van der Waals surface area contributed by atoms with E-state index in [1.54, 1.807) is 0 Å². The number of rotatable bonds is 7. The largest absolute Gasteiger partial charge is 0.385 e. The van der Waals surface area contributed by atoms with Gasteiger partial charge in [0.2, 0.25) is 5.91 Å². The molecule has 0 aromatic carbocycles. The van der Waals surface area contributed by atoms with Crippen LogP contribution in [-0.2, 0) is 19.2 Å². The van der Waals surface area contributed by atoms with Crippen molar-refractivity contribution in [2.75, 3.05) is 13.6 Å². The van der Waals surface area contributed by atoms with Gasteiger partial charge in [-0.3, -0.25) is 19.3 Å². The van der Waals surface area contributed by atoms with E-state index in [4.69, 9.17) is 0 Å². The van der Waals surface area contributed by atoms with Crippen molar-refractivity contribution >= 4 is 24.0 Å². The van der Waals surface area contributed by atoms with Crippen molar-refractivity contribution in [2.24, 2.45) is 0 Å². The third-order valence-electron chi connectivity index (χ3n) is 4.03. The standard InChI is InChI=1S/C16H21N3O4/c1-3-18-12-6-4-5-11-14(12)16(23)19(15(11)22)10(9-20)7-8-13(21)17-2/h6,9-10,18H,3-5,7-8H2,1-2H3,(H,17,21). The zero-order valence-electron chi connectivity index (χ0n) is 13.3. The maximum absolute atomic E-state index is 12.7. The molecule has 1 heterocycles. The summed E-state index contributed by atoms with van der Waals surface area (Å²) in [6.07, 6.45) is 3.84. The van der Waals surface area contributed by atoms with Crippen molar-refractivity contribution in [3.05, 3.63) is 22.9 Å². The molecular weight excluding hydrogens is 298 g/mol. The van der Waals surface area contributed by atoms with Crippen LogP contribution in [0.4, 0.5) is 0 Å². The molecule has 0 aromatic rings. The smallest absolute Gasteiger partial charge is 0.263 e. The molecule has 0 spiro atoms. The van der Waals surface area contributed by atoms with Gasteiger partial charge < -0.3 is 15.4 Å². The molecule has 0 fully saturated rings. The second-order valence-electron chi connectivity index (χ2n) is 5.44. The Morgan fingerprint density at radius 1 is 1.39 bits per heavy atom. The molecule has 124 valence electrons. The predicted molar refractivity (Wildman–Crippen MR) is 83.0 cm³/mol. The molecule has 1 aliphatic carbocycles. The molecule has 0 saturated carbocycles. The fraction of sp³-hybridized carbons (Fsp3) is 0.500. The van der Waals surface area contributed by atoms with Gasteiger partial charge in [0.25, 0.3) is 11.8 Å². The lowest BCUT2D eigenvalue weighted by Crippen LogP contribution is -2.43. The van der Waals surface area contributed by atoms with Gasteiger partial charge >= 0.3 is 0 Å². The molecule has 7 nitrogen and oxygen atoms in total. The second-order valence-corrected chi connectivity index (χ2v) is 5.44. The molecule has 0 bridgehead atoms. The molecule has 0 radical (unpaired) electrons. The molecule has 2 rings (SSSR count). The van der Waals surface area contributed by atoms with Crippen LogP contribution in [0.3, 0.4) is 0 Å². The number of nitrogens with one attached hydrogen (secondary N) is 2. The molecule has 1 aliphatic heterocycles. The summed E-state index contributed by atoms with van der Waals surface area (Å²) in [6.45, 7) is 2.55. The summed E-state index contributed by atoms with van der Waals surface area (Å²) in [5, 5.41) is 5.55. The van der Waals surface area contributed by atoms with E-state index in [0.717, 1.165) is 4.90 Å². The lowest BCUT2D eigenvalue weighted by molar-refractivity contribution is -0.143. The Morgan fingerprint density at radius 2 is 2.13 bits per heavy atom. The molecular formula is C16H21N3O4. The molecule has 7 heteroatoms. The SMILES string of the molecule is CCNC1=CCCC2=C1C(=O)N(C(C=O)CCC(=O)NC)C2=O. The molecule has 0 aromatic heterocycles. The van der Waals surface area contributed by atoms with Crippen LogP contribution in [0.2, 0.25) is 0 Å². The van der Waals surface area contributed by atoms with Crippen LogP contribution in [-0.4, -0.2) is 48.5 Å². The van der Waals surface area contributed by atoms with E-state index < -0.39 is 17.9 Å². The summed E-state index contributed by atoms with van der Waals surface area (Å²) in [7, 11) is 1.50. The van der Waals surface area contributed by atoms with E-state index in [2.05, 4.69) is 10.6 Å². The number of carbonyl (C=O) groups excluding carboxylic acids is 4. The van der Waals surface area contributed by atoms with Gasteiger partial charge in [-0.1, -0.05) is 6.08 Å². The highest BCUT2D eigenvalue weighted by Crippen LogP contribution is 2.34. The summed E-state index contributed by atoms with van der Waals surface area (Å²) in [5.74, 6) is -1.10. The maximum atomic E-state index is 12.7. The van der Waals surface area contributed by atoms with Crippen LogP contribution in [0.15, 0.2) is 22.9 Å². The first-order chi connectivity index (χ1) is 11.0. The molecule has 2 aliphatic rings. The minimum atomic E-state index is -0.916. The van der Waals surface area contributed by atoms with Crippen LogP contribution >= 0.6 is 0 Å². The summed E-state index contributed by atoms with van der Waals surface area (Å²) in [5.41, 5.74) is 1.49. The zero-order chi connectivity index (χ0) is 17.0. The summed E-state index contributed by atoms with van der Waals surface area (Å²) in [6, 6.07) is -0.916. The number of amides is 3. The van der Waals surface area contributed by atoms with Crippen LogP contribution in [0.25, 0.3) is 0 Å². The van der Waals surface area contributed by atoms with E-state index in [1.807, 2.05) is 13.0 Å².